The fourth-order valence-electron chi connectivity index (χ4n) is 1.68. The van der Waals surface area contributed by atoms with Gasteiger partial charge in [-0.3, -0.25) is 0 Å². The first kappa shape index (κ1) is 15.1. The fourth-order valence-corrected chi connectivity index (χ4v) is 1.86. The van der Waals surface area contributed by atoms with E-state index in [1.807, 2.05) is 6.07 Å². The lowest BCUT2D eigenvalue weighted by Gasteiger charge is -2.11. The van der Waals surface area contributed by atoms with Crippen LogP contribution in [0.4, 0.5) is 13.2 Å². The van der Waals surface area contributed by atoms with E-state index in [1.54, 1.807) is 0 Å². The molecule has 2 rings (SSSR count). The predicted octanol–water partition coefficient (Wildman–Crippen LogP) is 3.70. The number of aromatic nitrogens is 2. The average Bonchev–Trinajstić information content (AvgIpc) is 2.45. The van der Waals surface area contributed by atoms with Gasteiger partial charge in [0, 0.05) is 5.56 Å². The molecule has 0 saturated heterocycles. The Morgan fingerprint density at radius 3 is 2.52 bits per heavy atom. The monoisotopic (exact) mass is 313 g/mol. The number of nitrogens with zero attached hydrogens (tertiary/aromatic N) is 3. The van der Waals surface area contributed by atoms with Gasteiger partial charge in [-0.15, -0.1) is 0 Å². The Bertz CT molecular complexity index is 726. The van der Waals surface area contributed by atoms with Crippen molar-refractivity contribution in [1.29, 1.82) is 5.26 Å². The van der Waals surface area contributed by atoms with E-state index in [9.17, 15) is 13.2 Å². The minimum atomic E-state index is -4.65. The number of hydrogen-bond acceptors (Lipinski definition) is 4. The van der Waals surface area contributed by atoms with Crippen LogP contribution in [0.5, 0.6) is 5.75 Å². The van der Waals surface area contributed by atoms with E-state index in [0.717, 1.165) is 6.07 Å². The van der Waals surface area contributed by atoms with E-state index in [4.69, 9.17) is 21.6 Å². The van der Waals surface area contributed by atoms with E-state index in [0.29, 0.717) is 0 Å². The highest BCUT2D eigenvalue weighted by molar-refractivity contribution is 6.28. The summed E-state index contributed by atoms with van der Waals surface area (Å²) in [5, 5.41) is 8.34. The van der Waals surface area contributed by atoms with Gasteiger partial charge in [0.25, 0.3) is 0 Å². The van der Waals surface area contributed by atoms with Crippen LogP contribution in [0.1, 0.15) is 11.3 Å². The smallest absolute Gasteiger partial charge is 0.433 e. The Hall–Kier alpha value is -2.33. The molecule has 0 amide bonds. The number of alkyl halides is 3. The Morgan fingerprint density at radius 1 is 1.24 bits per heavy atom. The van der Waals surface area contributed by atoms with Crippen LogP contribution in [-0.4, -0.2) is 17.1 Å². The zero-order valence-electron chi connectivity index (χ0n) is 10.6. The van der Waals surface area contributed by atoms with Crippen LogP contribution in [0.25, 0.3) is 11.3 Å². The predicted molar refractivity (Wildman–Crippen MR) is 68.7 cm³/mol. The van der Waals surface area contributed by atoms with Crippen molar-refractivity contribution in [2.75, 3.05) is 7.11 Å². The molecule has 0 aliphatic carbocycles. The van der Waals surface area contributed by atoms with Gasteiger partial charge >= 0.3 is 6.18 Å². The minimum absolute atomic E-state index is 0.0729. The lowest BCUT2D eigenvalue weighted by atomic mass is 10.1. The Kier molecular flexibility index (Phi) is 4.00. The van der Waals surface area contributed by atoms with Crippen LogP contribution in [-0.2, 0) is 6.18 Å². The SMILES string of the molecule is COc1ccc(C#N)cc1-c1cc(C(F)(F)F)nc(Cl)n1. The first-order valence-electron chi connectivity index (χ1n) is 5.55. The zero-order valence-corrected chi connectivity index (χ0v) is 11.3. The van der Waals surface area contributed by atoms with Gasteiger partial charge in [0.15, 0.2) is 0 Å². The first-order chi connectivity index (χ1) is 9.85. The maximum absolute atomic E-state index is 12.8. The van der Waals surface area contributed by atoms with Gasteiger partial charge in [-0.2, -0.15) is 18.4 Å². The molecule has 2 aromatic rings. The molecule has 0 unspecified atom stereocenters. The van der Waals surface area contributed by atoms with Crippen molar-refractivity contribution < 1.29 is 17.9 Å². The standard InChI is InChI=1S/C13H7ClF3N3O/c1-21-10-3-2-7(6-18)4-8(10)9-5-11(13(15,16)17)20-12(14)19-9/h2-5H,1H3. The van der Waals surface area contributed by atoms with Crippen LogP contribution >= 0.6 is 11.6 Å². The summed E-state index contributed by atoms with van der Waals surface area (Å²) in [5.41, 5.74) is -0.751. The number of methoxy groups -OCH3 is 1. The van der Waals surface area contributed by atoms with Gasteiger partial charge in [-0.05, 0) is 35.9 Å². The van der Waals surface area contributed by atoms with Gasteiger partial charge in [0.1, 0.15) is 11.4 Å². The van der Waals surface area contributed by atoms with Gasteiger partial charge in [0.2, 0.25) is 5.28 Å². The maximum atomic E-state index is 12.8. The number of hydrogen-bond donors (Lipinski definition) is 0. The molecular formula is C13H7ClF3N3O. The van der Waals surface area contributed by atoms with Crippen LogP contribution in [0.15, 0.2) is 24.3 Å². The van der Waals surface area contributed by atoms with Gasteiger partial charge in [-0.1, -0.05) is 0 Å². The van der Waals surface area contributed by atoms with Gasteiger partial charge in [-0.25, -0.2) is 9.97 Å². The molecule has 0 bridgehead atoms. The molecule has 0 aliphatic heterocycles. The lowest BCUT2D eigenvalue weighted by Crippen LogP contribution is -2.09. The molecule has 0 aliphatic rings. The summed E-state index contributed by atoms with van der Waals surface area (Å²) in [4.78, 5) is 6.92. The fraction of sp³-hybridized carbons (Fsp3) is 0.154. The quantitative estimate of drug-likeness (QED) is 0.793. The van der Waals surface area contributed by atoms with Crippen molar-refractivity contribution in [3.8, 4) is 23.1 Å². The molecule has 108 valence electrons. The van der Waals surface area contributed by atoms with Crippen molar-refractivity contribution in [1.82, 2.24) is 9.97 Å². The molecular weight excluding hydrogens is 307 g/mol. The summed E-state index contributed by atoms with van der Waals surface area (Å²) < 4.78 is 43.3. The van der Waals surface area contributed by atoms with Crippen LogP contribution in [0, 0.1) is 11.3 Å². The number of halogens is 4. The van der Waals surface area contributed by atoms with Crippen molar-refractivity contribution in [2.24, 2.45) is 0 Å². The summed E-state index contributed by atoms with van der Waals surface area (Å²) in [6.45, 7) is 0. The third-order valence-corrected chi connectivity index (χ3v) is 2.76. The molecule has 0 atom stereocenters. The molecule has 0 fully saturated rings. The molecule has 1 heterocycles. The van der Waals surface area contributed by atoms with Crippen LogP contribution in [0.3, 0.4) is 0 Å². The second kappa shape index (κ2) is 5.58. The van der Waals surface area contributed by atoms with Crippen molar-refractivity contribution in [3.05, 3.63) is 40.8 Å². The molecule has 0 N–H and O–H groups in total. The highest BCUT2D eigenvalue weighted by Crippen LogP contribution is 2.34. The summed E-state index contributed by atoms with van der Waals surface area (Å²) >= 11 is 5.55. The zero-order chi connectivity index (χ0) is 15.6. The second-order valence-corrected chi connectivity index (χ2v) is 4.27. The third-order valence-electron chi connectivity index (χ3n) is 2.59. The Morgan fingerprint density at radius 2 is 1.95 bits per heavy atom. The van der Waals surface area contributed by atoms with Gasteiger partial charge < -0.3 is 4.74 Å². The summed E-state index contributed by atoms with van der Waals surface area (Å²) in [6.07, 6.45) is -4.65. The first-order valence-corrected chi connectivity index (χ1v) is 5.93. The number of nitriles is 1. The van der Waals surface area contributed by atoms with Crippen LogP contribution in [0.2, 0.25) is 5.28 Å². The van der Waals surface area contributed by atoms with E-state index in [2.05, 4.69) is 9.97 Å². The molecule has 1 aromatic heterocycles. The van der Waals surface area contributed by atoms with E-state index in [-0.39, 0.29) is 22.6 Å². The van der Waals surface area contributed by atoms with E-state index >= 15 is 0 Å². The largest absolute Gasteiger partial charge is 0.496 e. The van der Waals surface area contributed by atoms with E-state index < -0.39 is 17.2 Å². The number of benzene rings is 1. The highest BCUT2D eigenvalue weighted by atomic mass is 35.5. The molecule has 4 nitrogen and oxygen atoms in total. The minimum Gasteiger partial charge on any atom is -0.496 e. The molecule has 21 heavy (non-hydrogen) atoms. The Balaban J connectivity index is 2.67. The van der Waals surface area contributed by atoms with Crippen molar-refractivity contribution >= 4 is 11.6 Å². The number of rotatable bonds is 2. The summed E-state index contributed by atoms with van der Waals surface area (Å²) in [6, 6.07) is 6.97. The van der Waals surface area contributed by atoms with Crippen LogP contribution < -0.4 is 4.74 Å². The van der Waals surface area contributed by atoms with E-state index in [1.165, 1.54) is 25.3 Å². The molecule has 8 heteroatoms. The summed E-state index contributed by atoms with van der Waals surface area (Å²) in [5.74, 6) is 0.275. The maximum Gasteiger partial charge on any atom is 0.433 e. The molecule has 0 radical (unpaired) electrons. The highest BCUT2D eigenvalue weighted by Gasteiger charge is 2.33. The third kappa shape index (κ3) is 3.23. The molecule has 1 aromatic carbocycles. The summed E-state index contributed by atoms with van der Waals surface area (Å²) in [7, 11) is 1.36. The molecule has 0 spiro atoms. The number of ether oxygens (including phenoxy) is 1. The lowest BCUT2D eigenvalue weighted by molar-refractivity contribution is -0.141. The van der Waals surface area contributed by atoms with Crippen molar-refractivity contribution in [2.45, 2.75) is 6.18 Å². The molecule has 0 saturated carbocycles. The second-order valence-electron chi connectivity index (χ2n) is 3.93. The topological polar surface area (TPSA) is 58.8 Å². The Labute approximate surface area is 122 Å². The van der Waals surface area contributed by atoms with Crippen molar-refractivity contribution in [3.63, 3.8) is 0 Å². The average molecular weight is 314 g/mol. The van der Waals surface area contributed by atoms with Gasteiger partial charge in [0.05, 0.1) is 24.4 Å². The normalized spacial score (nSPS) is 11.0.